The van der Waals surface area contributed by atoms with E-state index in [0.29, 0.717) is 66.5 Å². The van der Waals surface area contributed by atoms with Crippen LogP contribution in [0, 0.1) is 57.2 Å². The lowest BCUT2D eigenvalue weighted by Crippen LogP contribution is -2.39. The number of piperidine rings is 4. The summed E-state index contributed by atoms with van der Waals surface area (Å²) in [6, 6.07) is 24.0. The van der Waals surface area contributed by atoms with Crippen molar-refractivity contribution in [3.05, 3.63) is 202 Å². The van der Waals surface area contributed by atoms with Crippen LogP contribution in [-0.4, -0.2) is 200 Å². The summed E-state index contributed by atoms with van der Waals surface area (Å²) in [6.45, 7) is 28.4. The number of benzene rings is 2. The number of nitrogen functional groups attached to an aromatic ring is 2. The van der Waals surface area contributed by atoms with E-state index in [1.54, 1.807) is 65.7 Å². The maximum Gasteiger partial charge on any atom is 0.259 e. The van der Waals surface area contributed by atoms with E-state index in [1.807, 2.05) is 75.6 Å². The number of carbonyl (C=O) groups is 4. The molecule has 2 aromatic carbocycles. The van der Waals surface area contributed by atoms with Crippen LogP contribution in [0.25, 0.3) is 22.6 Å². The summed E-state index contributed by atoms with van der Waals surface area (Å²) in [5.41, 5.74) is 24.3. The molecule has 0 saturated carbocycles. The molecule has 8 aliphatic heterocycles. The van der Waals surface area contributed by atoms with E-state index < -0.39 is 5.82 Å². The number of hydrogen-bond donors (Lipinski definition) is 3. The number of carbonyl (C=O) groups excluding carboxylic acids is 4. The zero-order chi connectivity index (χ0) is 86.1. The van der Waals surface area contributed by atoms with Gasteiger partial charge in [0, 0.05) is 162 Å². The van der Waals surface area contributed by atoms with Gasteiger partial charge in [0.2, 0.25) is 0 Å². The standard InChI is InChI=1S/C24H28FN5O.C24H29N5O2.C23H29N7O.C22H28N8O/c1-16-10-12-28(14-16)23-17(2)15-30-22(26-23)13-20(27-30)21-9-5-6-11-29(21)24(31)18-7-3-4-8-19(18)25;1-16-10-12-27(14-16)23-17(2)15-29-22(25-23)13-19(26-29)20-8-5-6-11-28(20)24(31)18-7-3-4-9-21(18)30;1-15-8-11-28(13-15)22-16(2)14-30-20(26-22)12-18(27-30)19-7-3-4-10-29(19)23(31)17-6-5-9-25-21(17)24;1-14-6-8-28(11-14)21-15(2)12-30-19(26-21)9-17(27-30)18-5-3-4-7-29(18)22(31)16-10-24-13-25-20(16)23/h3-4,7-8,13,15-16,21H,5-6,9-12,14H2,1-2H3;3-4,7,9,13,15-16,20,30H,5-6,8,10-12,14H2,1-2H3;5-6,9,12,14-15,19H,3-4,7-8,10-11,13H2,1-2H3,(H2,24,25);9-10,12-14,18H,3-8,11H2,1-2H3,(H2,23,24,25)/t16-,21-;16-,20-;15-,19-;14-,18-/m0000/s1. The number of amides is 4. The molecule has 0 bridgehead atoms. The van der Waals surface area contributed by atoms with Crippen LogP contribution < -0.4 is 31.1 Å². The summed E-state index contributed by atoms with van der Waals surface area (Å²) < 4.78 is 21.6. The van der Waals surface area contributed by atoms with Crippen molar-refractivity contribution in [1.82, 2.24) is 92.9 Å². The summed E-state index contributed by atoms with van der Waals surface area (Å²) in [6.07, 6.45) is 28.8. The van der Waals surface area contributed by atoms with Crippen molar-refractivity contribution in [2.24, 2.45) is 23.7 Å². The van der Waals surface area contributed by atoms with E-state index in [-0.39, 0.29) is 70.7 Å². The van der Waals surface area contributed by atoms with Gasteiger partial charge in [-0.05, 0) is 190 Å². The Bertz CT molecular complexity index is 5210. The largest absolute Gasteiger partial charge is 0.507 e. The van der Waals surface area contributed by atoms with E-state index in [2.05, 4.69) is 96.1 Å². The van der Waals surface area contributed by atoms with Gasteiger partial charge in [-0.2, -0.15) is 20.4 Å². The molecule has 12 aromatic rings. The normalized spacial score (nSPS) is 21.8. The first-order chi connectivity index (χ1) is 60.0. The number of nitrogens with two attached hydrogens (primary N) is 2. The van der Waals surface area contributed by atoms with Crippen molar-refractivity contribution in [3.63, 3.8) is 0 Å². The fourth-order valence-electron chi connectivity index (χ4n) is 19.5. The van der Waals surface area contributed by atoms with E-state index in [4.69, 9.17) is 51.8 Å². The molecule has 8 fully saturated rings. The molecule has 0 radical (unpaired) electrons. The van der Waals surface area contributed by atoms with Crippen LogP contribution in [0.4, 0.5) is 39.3 Å². The number of hydrogen-bond acceptors (Lipinski definition) is 22. The summed E-state index contributed by atoms with van der Waals surface area (Å²) in [7, 11) is 0. The fourth-order valence-corrected chi connectivity index (χ4v) is 19.5. The van der Waals surface area contributed by atoms with Crippen LogP contribution in [0.5, 0.6) is 5.75 Å². The van der Waals surface area contributed by atoms with Crippen LogP contribution in [-0.2, 0) is 0 Å². The monoisotopic (exact) mass is 1680 g/mol. The van der Waals surface area contributed by atoms with Gasteiger partial charge in [0.25, 0.3) is 23.6 Å². The first-order valence-corrected chi connectivity index (χ1v) is 44.5. The number of anilines is 6. The van der Waals surface area contributed by atoms with E-state index in [0.717, 1.165) is 220 Å². The Balaban J connectivity index is 0.000000117. The SMILES string of the molecule is Cc1cn2nc([C@@H]3CCCCN3C(=O)c3ccccc3F)cc2nc1N1CC[C@H](C)C1.Cc1cn2nc([C@@H]3CCCCN3C(=O)c3ccccc3O)cc2nc1N1CC[C@H](C)C1.Cc1cn2nc([C@@H]3CCCCN3C(=O)c3cccnc3N)cc2nc1N1CC[C@H](C)C1.Cc1cn2nc([C@@H]3CCCCN3C(=O)c3cncnc3N)cc2nc1N1CC[C@H](C)C1. The maximum absolute atomic E-state index is 14.3. The molecule has 8 aliphatic rings. The van der Waals surface area contributed by atoms with Gasteiger partial charge in [0.1, 0.15) is 58.4 Å². The summed E-state index contributed by atoms with van der Waals surface area (Å²) in [4.78, 5) is 102. The molecule has 31 heteroatoms. The number of phenols is 1. The van der Waals surface area contributed by atoms with Gasteiger partial charge in [-0.15, -0.1) is 0 Å². The number of pyridine rings is 1. The second-order valence-corrected chi connectivity index (χ2v) is 35.6. The molecule has 124 heavy (non-hydrogen) atoms. The van der Waals surface area contributed by atoms with Crippen molar-refractivity contribution in [2.75, 3.05) is 110 Å². The number of halogens is 1. The predicted octanol–water partition coefficient (Wildman–Crippen LogP) is 14.2. The molecule has 5 N–H and O–H groups in total. The first-order valence-electron chi connectivity index (χ1n) is 44.5. The highest BCUT2D eigenvalue weighted by molar-refractivity contribution is 6.00. The van der Waals surface area contributed by atoms with E-state index in [1.165, 1.54) is 44.3 Å². The van der Waals surface area contributed by atoms with Crippen molar-refractivity contribution in [2.45, 2.75) is 182 Å². The minimum absolute atomic E-state index is 0.0219. The molecule has 648 valence electrons. The van der Waals surface area contributed by atoms with Crippen LogP contribution >= 0.6 is 0 Å². The van der Waals surface area contributed by atoms with Crippen LogP contribution in [0.2, 0.25) is 0 Å². The van der Waals surface area contributed by atoms with E-state index in [9.17, 15) is 28.7 Å². The van der Waals surface area contributed by atoms with Gasteiger partial charge in [0.15, 0.2) is 22.6 Å². The average molecular weight is 1680 g/mol. The zero-order valence-electron chi connectivity index (χ0n) is 72.4. The third kappa shape index (κ3) is 17.5. The quantitative estimate of drug-likeness (QED) is 0.102. The topological polar surface area (TPSA) is 326 Å². The van der Waals surface area contributed by atoms with Crippen LogP contribution in [0.1, 0.15) is 241 Å². The van der Waals surface area contributed by atoms with Gasteiger partial charge in [-0.1, -0.05) is 52.0 Å². The molecule has 8 saturated heterocycles. The highest BCUT2D eigenvalue weighted by Gasteiger charge is 2.38. The minimum Gasteiger partial charge on any atom is -0.507 e. The molecule has 0 aliphatic carbocycles. The number of nitrogens with zero attached hydrogens (tertiary/aromatic N) is 23. The fraction of sp³-hybridized carbons (Fsp3) is 0.473. The number of phenolic OH excluding ortho intramolecular Hbond substituents is 1. The third-order valence-corrected chi connectivity index (χ3v) is 26.1. The Hall–Kier alpha value is -12.4. The lowest BCUT2D eigenvalue weighted by Gasteiger charge is -2.34. The highest BCUT2D eigenvalue weighted by atomic mass is 19.1. The van der Waals surface area contributed by atoms with Crippen molar-refractivity contribution in [1.29, 1.82) is 0 Å². The zero-order valence-corrected chi connectivity index (χ0v) is 72.4. The Morgan fingerprint density at radius 1 is 0.379 bits per heavy atom. The molecule has 0 unspecified atom stereocenters. The predicted molar refractivity (Wildman–Crippen MR) is 475 cm³/mol. The number of para-hydroxylation sites is 1. The molecule has 8 atom stereocenters. The summed E-state index contributed by atoms with van der Waals surface area (Å²) in [5.74, 6) is 6.28. The molecular weight excluding hydrogens is 1570 g/mol. The Morgan fingerprint density at radius 2 is 0.694 bits per heavy atom. The van der Waals surface area contributed by atoms with E-state index >= 15 is 0 Å². The molecule has 30 nitrogen and oxygen atoms in total. The Kier molecular flexibility index (Phi) is 24.4. The Morgan fingerprint density at radius 3 is 1.02 bits per heavy atom. The molecule has 10 aromatic heterocycles. The Labute approximate surface area is 721 Å². The van der Waals surface area contributed by atoms with Gasteiger partial charge >= 0.3 is 0 Å². The van der Waals surface area contributed by atoms with Gasteiger partial charge in [0.05, 0.1) is 63.6 Å². The minimum atomic E-state index is -0.478. The second-order valence-electron chi connectivity index (χ2n) is 35.6. The molecular formula is C93H114FN25O5. The number of likely N-dealkylation sites (tertiary alicyclic amines) is 4. The molecule has 4 amide bonds. The van der Waals surface area contributed by atoms with Crippen molar-refractivity contribution in [3.8, 4) is 5.75 Å². The number of fused-ring (bicyclic) bond motifs is 4. The van der Waals surface area contributed by atoms with Crippen LogP contribution in [0.3, 0.4) is 0 Å². The molecule has 20 rings (SSSR count). The molecule has 0 spiro atoms. The van der Waals surface area contributed by atoms with Crippen LogP contribution in [0.15, 0.2) is 128 Å². The van der Waals surface area contributed by atoms with Crippen molar-refractivity contribution >= 4 is 81.1 Å². The lowest BCUT2D eigenvalue weighted by molar-refractivity contribution is 0.0594. The lowest BCUT2D eigenvalue weighted by atomic mass is 9.98. The smallest absolute Gasteiger partial charge is 0.259 e. The highest BCUT2D eigenvalue weighted by Crippen LogP contribution is 2.40. The second kappa shape index (κ2) is 36.2. The van der Waals surface area contributed by atoms with Gasteiger partial charge in [-0.25, -0.2) is 57.3 Å². The van der Waals surface area contributed by atoms with Gasteiger partial charge in [-0.3, -0.25) is 19.2 Å². The van der Waals surface area contributed by atoms with Crippen molar-refractivity contribution < 1.29 is 28.7 Å². The summed E-state index contributed by atoms with van der Waals surface area (Å²) >= 11 is 0. The summed E-state index contributed by atoms with van der Waals surface area (Å²) in [5, 5.41) is 29.4. The average Bonchev–Trinajstić information content (AvgIpc) is 1.61. The molecule has 18 heterocycles. The number of aromatic hydroxyl groups is 1. The first kappa shape index (κ1) is 83.8. The van der Waals surface area contributed by atoms with Gasteiger partial charge < -0.3 is 55.8 Å². The third-order valence-electron chi connectivity index (χ3n) is 26.1. The number of aromatic nitrogens is 15. The number of aryl methyl sites for hydroxylation is 4. The number of rotatable bonds is 12. The maximum atomic E-state index is 14.3.